The van der Waals surface area contributed by atoms with Crippen molar-refractivity contribution in [2.45, 2.75) is 25.3 Å². The number of rotatable bonds is 5. The van der Waals surface area contributed by atoms with Crippen molar-refractivity contribution >= 4 is 15.7 Å². The van der Waals surface area contributed by atoms with E-state index in [1.807, 2.05) is 0 Å². The van der Waals surface area contributed by atoms with Gasteiger partial charge in [0.1, 0.15) is 0 Å². The summed E-state index contributed by atoms with van der Waals surface area (Å²) < 4.78 is 40.9. The molecule has 1 aromatic carbocycles. The molecule has 0 saturated carbocycles. The van der Waals surface area contributed by atoms with Crippen LogP contribution in [0.1, 0.15) is 18.4 Å². The number of hydrogen-bond donors (Lipinski definition) is 1. The molecule has 1 unspecified atom stereocenters. The lowest BCUT2D eigenvalue weighted by atomic mass is 10.1. The quantitative estimate of drug-likeness (QED) is 0.882. The van der Waals surface area contributed by atoms with Crippen LogP contribution in [0.4, 0.5) is 4.39 Å². The Morgan fingerprint density at radius 2 is 2.24 bits per heavy atom. The number of methoxy groups -OCH3 is 1. The monoisotopic (exact) mass is 315 g/mol. The average molecular weight is 315 g/mol. The maximum atomic E-state index is 13.5. The Kier molecular flexibility index (Phi) is 4.82. The van der Waals surface area contributed by atoms with E-state index in [0.29, 0.717) is 18.4 Å². The Morgan fingerprint density at radius 3 is 2.81 bits per heavy atom. The van der Waals surface area contributed by atoms with E-state index in [2.05, 4.69) is 5.32 Å². The first-order valence-corrected chi connectivity index (χ1v) is 8.54. The average Bonchev–Trinajstić information content (AvgIpc) is 2.75. The number of nitrogens with one attached hydrogen (secondary N) is 1. The second-order valence-electron chi connectivity index (χ2n) is 5.14. The fourth-order valence-electron chi connectivity index (χ4n) is 2.33. The molecule has 1 aromatic rings. The highest BCUT2D eigenvalue weighted by Crippen LogP contribution is 2.18. The van der Waals surface area contributed by atoms with E-state index in [4.69, 9.17) is 4.74 Å². The van der Waals surface area contributed by atoms with E-state index >= 15 is 0 Å². The van der Waals surface area contributed by atoms with Gasteiger partial charge in [-0.05, 0) is 30.5 Å². The van der Waals surface area contributed by atoms with E-state index in [9.17, 15) is 17.6 Å². The van der Waals surface area contributed by atoms with E-state index < -0.39 is 15.7 Å². The molecule has 7 heteroatoms. The summed E-state index contributed by atoms with van der Waals surface area (Å²) in [6.45, 7) is 0. The molecule has 1 fully saturated rings. The van der Waals surface area contributed by atoms with Crippen molar-refractivity contribution in [3.05, 3.63) is 29.6 Å². The van der Waals surface area contributed by atoms with Crippen molar-refractivity contribution in [3.63, 3.8) is 0 Å². The van der Waals surface area contributed by atoms with Gasteiger partial charge in [0, 0.05) is 12.5 Å². The number of ether oxygens (including phenoxy) is 1. The van der Waals surface area contributed by atoms with Crippen LogP contribution in [-0.4, -0.2) is 39.0 Å². The molecule has 1 N–H and O–H groups in total. The minimum absolute atomic E-state index is 0.00983. The molecule has 1 aliphatic rings. The molecule has 21 heavy (non-hydrogen) atoms. The topological polar surface area (TPSA) is 72.5 Å². The zero-order valence-electron chi connectivity index (χ0n) is 11.8. The van der Waals surface area contributed by atoms with Gasteiger partial charge >= 0.3 is 0 Å². The number of sulfone groups is 1. The third-order valence-electron chi connectivity index (χ3n) is 3.45. The van der Waals surface area contributed by atoms with E-state index in [0.717, 1.165) is 0 Å². The number of carbonyl (C=O) groups excluding carboxylic acids is 1. The van der Waals surface area contributed by atoms with E-state index in [1.54, 1.807) is 6.07 Å². The van der Waals surface area contributed by atoms with E-state index in [1.165, 1.54) is 19.2 Å². The third kappa shape index (κ3) is 4.42. The van der Waals surface area contributed by atoms with Crippen LogP contribution in [0, 0.1) is 5.82 Å². The van der Waals surface area contributed by atoms with Crippen LogP contribution in [0.15, 0.2) is 18.2 Å². The first kappa shape index (κ1) is 15.8. The fourth-order valence-corrected chi connectivity index (χ4v) is 4.01. The predicted octanol–water partition coefficient (Wildman–Crippen LogP) is 1.07. The largest absolute Gasteiger partial charge is 0.494 e. The molecule has 0 radical (unpaired) electrons. The highest BCUT2D eigenvalue weighted by atomic mass is 32.2. The highest BCUT2D eigenvalue weighted by Gasteiger charge is 2.28. The van der Waals surface area contributed by atoms with Crippen LogP contribution in [0.25, 0.3) is 0 Å². The van der Waals surface area contributed by atoms with Crippen LogP contribution in [-0.2, 0) is 21.1 Å². The smallest absolute Gasteiger partial charge is 0.220 e. The molecular weight excluding hydrogens is 297 g/mol. The molecule has 0 spiro atoms. The molecular formula is C14H18FNO4S. The number of carbonyl (C=O) groups is 1. The standard InChI is InChI=1S/C14H18FNO4S/c1-20-13-4-2-10(8-12(13)15)3-5-14(17)16-11-6-7-21(18,19)9-11/h2,4,8,11H,3,5-7,9H2,1H3,(H,16,17). The summed E-state index contributed by atoms with van der Waals surface area (Å²) in [4.78, 5) is 11.8. The Morgan fingerprint density at radius 1 is 1.48 bits per heavy atom. The minimum atomic E-state index is -3.00. The van der Waals surface area contributed by atoms with Crippen LogP contribution < -0.4 is 10.1 Å². The maximum absolute atomic E-state index is 13.5. The summed E-state index contributed by atoms with van der Waals surface area (Å²) in [6, 6.07) is 4.27. The maximum Gasteiger partial charge on any atom is 0.220 e. The number of benzene rings is 1. The van der Waals surface area contributed by atoms with Crippen LogP contribution in [0.2, 0.25) is 0 Å². The van der Waals surface area contributed by atoms with Gasteiger partial charge in [0.15, 0.2) is 21.4 Å². The van der Waals surface area contributed by atoms with Gasteiger partial charge in [-0.3, -0.25) is 4.79 Å². The second kappa shape index (κ2) is 6.43. The van der Waals surface area contributed by atoms with Crippen LogP contribution in [0.5, 0.6) is 5.75 Å². The van der Waals surface area contributed by atoms with Gasteiger partial charge in [0.05, 0.1) is 18.6 Å². The number of halogens is 1. The Bertz CT molecular complexity index is 630. The number of amides is 1. The van der Waals surface area contributed by atoms with Crippen molar-refractivity contribution in [3.8, 4) is 5.75 Å². The Balaban J connectivity index is 1.83. The summed E-state index contributed by atoms with van der Waals surface area (Å²) >= 11 is 0. The van der Waals surface area contributed by atoms with Gasteiger partial charge in [0.2, 0.25) is 5.91 Å². The molecule has 1 saturated heterocycles. The van der Waals surface area contributed by atoms with Gasteiger partial charge in [-0.2, -0.15) is 0 Å². The van der Waals surface area contributed by atoms with Gasteiger partial charge in [-0.15, -0.1) is 0 Å². The van der Waals surface area contributed by atoms with E-state index in [-0.39, 0.29) is 35.6 Å². The SMILES string of the molecule is COc1ccc(CCC(=O)NC2CCS(=O)(=O)C2)cc1F. The molecule has 2 rings (SSSR count). The minimum Gasteiger partial charge on any atom is -0.494 e. The van der Waals surface area contributed by atoms with Crippen molar-refractivity contribution in [1.82, 2.24) is 5.32 Å². The molecule has 1 heterocycles. The van der Waals surface area contributed by atoms with Crippen molar-refractivity contribution in [2.24, 2.45) is 0 Å². The third-order valence-corrected chi connectivity index (χ3v) is 5.22. The highest BCUT2D eigenvalue weighted by molar-refractivity contribution is 7.91. The molecule has 5 nitrogen and oxygen atoms in total. The fraction of sp³-hybridized carbons (Fsp3) is 0.500. The Hall–Kier alpha value is -1.63. The second-order valence-corrected chi connectivity index (χ2v) is 7.37. The molecule has 1 aliphatic heterocycles. The van der Waals surface area contributed by atoms with Gasteiger partial charge in [-0.25, -0.2) is 12.8 Å². The summed E-state index contributed by atoms with van der Waals surface area (Å²) in [6.07, 6.45) is 1.06. The first-order chi connectivity index (χ1) is 9.89. The zero-order chi connectivity index (χ0) is 15.5. The van der Waals surface area contributed by atoms with Crippen molar-refractivity contribution in [1.29, 1.82) is 0 Å². The molecule has 1 amide bonds. The number of aryl methyl sites for hydroxylation is 1. The first-order valence-electron chi connectivity index (χ1n) is 6.72. The number of hydrogen-bond acceptors (Lipinski definition) is 4. The van der Waals surface area contributed by atoms with Crippen molar-refractivity contribution in [2.75, 3.05) is 18.6 Å². The predicted molar refractivity (Wildman–Crippen MR) is 76.5 cm³/mol. The van der Waals surface area contributed by atoms with Crippen LogP contribution in [0.3, 0.4) is 0 Å². The van der Waals surface area contributed by atoms with Gasteiger partial charge in [-0.1, -0.05) is 6.07 Å². The summed E-state index contributed by atoms with van der Waals surface area (Å²) in [7, 11) is -1.61. The molecule has 0 aromatic heterocycles. The molecule has 0 bridgehead atoms. The van der Waals surface area contributed by atoms with Crippen LogP contribution >= 0.6 is 0 Å². The lowest BCUT2D eigenvalue weighted by Crippen LogP contribution is -2.35. The summed E-state index contributed by atoms with van der Waals surface area (Å²) in [5, 5.41) is 2.71. The van der Waals surface area contributed by atoms with Crippen molar-refractivity contribution < 1.29 is 22.3 Å². The normalized spacial score (nSPS) is 20.2. The molecule has 0 aliphatic carbocycles. The molecule has 1 atom stereocenters. The zero-order valence-corrected chi connectivity index (χ0v) is 12.6. The summed E-state index contributed by atoms with van der Waals surface area (Å²) in [5.41, 5.74) is 0.697. The molecule has 116 valence electrons. The summed E-state index contributed by atoms with van der Waals surface area (Å²) in [5.74, 6) is -0.373. The Labute approximate surface area is 123 Å². The lowest BCUT2D eigenvalue weighted by molar-refractivity contribution is -0.121. The van der Waals surface area contributed by atoms with Gasteiger partial charge < -0.3 is 10.1 Å². The lowest BCUT2D eigenvalue weighted by Gasteiger charge is -2.11. The van der Waals surface area contributed by atoms with Gasteiger partial charge in [0.25, 0.3) is 0 Å².